The summed E-state index contributed by atoms with van der Waals surface area (Å²) < 4.78 is 0. The fraction of sp³-hybridized carbons (Fsp3) is 0.800. The second kappa shape index (κ2) is 6.59. The highest BCUT2D eigenvalue weighted by Gasteiger charge is 1.83. The first-order valence-corrected chi connectivity index (χ1v) is 2.79. The SMILES string of the molecule is O=CCCCC[NH2+][O-]. The third kappa shape index (κ3) is 5.59. The molecule has 48 valence electrons. The Morgan fingerprint density at radius 2 is 2.25 bits per heavy atom. The summed E-state index contributed by atoms with van der Waals surface area (Å²) in [6.07, 6.45) is 3.17. The van der Waals surface area contributed by atoms with E-state index in [0.717, 1.165) is 24.6 Å². The van der Waals surface area contributed by atoms with Crippen LogP contribution < -0.4 is 5.48 Å². The number of hydrogen-bond donors (Lipinski definition) is 1. The minimum Gasteiger partial charge on any atom is -0.636 e. The fourth-order valence-electron chi connectivity index (χ4n) is 0.455. The van der Waals surface area contributed by atoms with E-state index in [1.165, 1.54) is 0 Å². The number of hydroxylamine groups is 1. The lowest BCUT2D eigenvalue weighted by atomic mass is 10.2. The predicted molar refractivity (Wildman–Crippen MR) is 30.1 cm³/mol. The van der Waals surface area contributed by atoms with Gasteiger partial charge in [-0.05, 0) is 12.8 Å². The van der Waals surface area contributed by atoms with Crippen LogP contribution in [0.2, 0.25) is 0 Å². The molecule has 0 aromatic carbocycles. The summed E-state index contributed by atoms with van der Waals surface area (Å²) in [6, 6.07) is 0. The zero-order chi connectivity index (χ0) is 6.24. The zero-order valence-electron chi connectivity index (χ0n) is 4.80. The molecule has 0 aromatic heterocycles. The number of unbranched alkanes of at least 4 members (excludes halogenated alkanes) is 2. The number of aldehydes is 1. The van der Waals surface area contributed by atoms with E-state index in [-0.39, 0.29) is 0 Å². The Balaban J connectivity index is 2.62. The maximum Gasteiger partial charge on any atom is 0.119 e. The zero-order valence-corrected chi connectivity index (χ0v) is 4.80. The Hall–Kier alpha value is -0.410. The summed E-state index contributed by atoms with van der Waals surface area (Å²) in [6.45, 7) is 0.591. The lowest BCUT2D eigenvalue weighted by Gasteiger charge is -1.97. The average Bonchev–Trinajstić information content (AvgIpc) is 1.81. The Bertz CT molecular complexity index is 56.4. The fourth-order valence-corrected chi connectivity index (χ4v) is 0.455. The molecule has 0 aliphatic heterocycles. The van der Waals surface area contributed by atoms with Gasteiger partial charge in [-0.25, -0.2) is 0 Å². The molecule has 3 nitrogen and oxygen atoms in total. The van der Waals surface area contributed by atoms with Gasteiger partial charge in [0.15, 0.2) is 0 Å². The van der Waals surface area contributed by atoms with E-state index in [1.807, 2.05) is 0 Å². The van der Waals surface area contributed by atoms with Gasteiger partial charge in [0.05, 0.1) is 6.54 Å². The predicted octanol–water partition coefficient (Wildman–Crippen LogP) is -0.583. The molecule has 0 aliphatic carbocycles. The molecule has 0 bridgehead atoms. The first-order chi connectivity index (χ1) is 3.91. The molecule has 0 saturated carbocycles. The van der Waals surface area contributed by atoms with Gasteiger partial charge in [0.2, 0.25) is 0 Å². The van der Waals surface area contributed by atoms with Gasteiger partial charge in [-0.3, -0.25) is 0 Å². The smallest absolute Gasteiger partial charge is 0.119 e. The van der Waals surface area contributed by atoms with Crippen molar-refractivity contribution in [2.45, 2.75) is 19.3 Å². The van der Waals surface area contributed by atoms with Crippen molar-refractivity contribution in [2.75, 3.05) is 6.54 Å². The maximum atomic E-state index is 9.68. The summed E-state index contributed by atoms with van der Waals surface area (Å²) in [5.41, 5.74) is 0.880. The van der Waals surface area contributed by atoms with E-state index in [9.17, 15) is 10.0 Å². The quantitative estimate of drug-likeness (QED) is 0.297. The molecule has 0 aliphatic rings. The van der Waals surface area contributed by atoms with E-state index in [1.54, 1.807) is 0 Å². The highest BCUT2D eigenvalue weighted by Crippen LogP contribution is 1.86. The van der Waals surface area contributed by atoms with Gasteiger partial charge >= 0.3 is 0 Å². The maximum absolute atomic E-state index is 9.68. The monoisotopic (exact) mass is 117 g/mol. The average molecular weight is 117 g/mol. The standard InChI is InChI=1S/C5H11NO2/c7-5-3-1-2-4-6-8/h5H,1-4,6H2. The number of quaternary nitrogens is 1. The van der Waals surface area contributed by atoms with Crippen molar-refractivity contribution >= 4 is 6.29 Å². The first kappa shape index (κ1) is 7.59. The summed E-state index contributed by atoms with van der Waals surface area (Å²) in [7, 11) is 0. The van der Waals surface area contributed by atoms with Gasteiger partial charge in [-0.1, -0.05) is 0 Å². The molecule has 0 atom stereocenters. The number of carbonyl (C=O) groups excluding carboxylic acids is 1. The van der Waals surface area contributed by atoms with Crippen LogP contribution in [-0.2, 0) is 4.79 Å². The second-order valence-electron chi connectivity index (χ2n) is 1.62. The van der Waals surface area contributed by atoms with Crippen molar-refractivity contribution in [3.8, 4) is 0 Å². The van der Waals surface area contributed by atoms with Gasteiger partial charge in [0, 0.05) is 6.42 Å². The Labute approximate surface area is 48.7 Å². The van der Waals surface area contributed by atoms with Crippen LogP contribution in [-0.4, -0.2) is 12.8 Å². The van der Waals surface area contributed by atoms with Crippen LogP contribution in [0.25, 0.3) is 0 Å². The van der Waals surface area contributed by atoms with E-state index in [2.05, 4.69) is 0 Å². The van der Waals surface area contributed by atoms with E-state index >= 15 is 0 Å². The van der Waals surface area contributed by atoms with Crippen LogP contribution in [0.4, 0.5) is 0 Å². The van der Waals surface area contributed by atoms with Crippen molar-refractivity contribution < 1.29 is 10.3 Å². The molecule has 0 rings (SSSR count). The Morgan fingerprint density at radius 3 is 2.75 bits per heavy atom. The van der Waals surface area contributed by atoms with Gasteiger partial charge in [-0.2, -0.15) is 0 Å². The number of rotatable bonds is 5. The molecule has 0 spiro atoms. The highest BCUT2D eigenvalue weighted by molar-refractivity contribution is 5.48. The minimum atomic E-state index is 0.591. The number of nitrogens with two attached hydrogens (primary N) is 1. The van der Waals surface area contributed by atoms with Gasteiger partial charge in [0.1, 0.15) is 6.29 Å². The van der Waals surface area contributed by atoms with Crippen molar-refractivity contribution in [2.24, 2.45) is 0 Å². The third-order valence-electron chi connectivity index (χ3n) is 0.894. The van der Waals surface area contributed by atoms with Crippen LogP contribution in [0.15, 0.2) is 0 Å². The molecule has 0 radical (unpaired) electrons. The Morgan fingerprint density at radius 1 is 1.50 bits per heavy atom. The van der Waals surface area contributed by atoms with Crippen LogP contribution in [0.1, 0.15) is 19.3 Å². The first-order valence-electron chi connectivity index (χ1n) is 2.79. The van der Waals surface area contributed by atoms with E-state index in [0.29, 0.717) is 13.0 Å². The van der Waals surface area contributed by atoms with Crippen molar-refractivity contribution in [1.29, 1.82) is 0 Å². The molecule has 0 unspecified atom stereocenters. The van der Waals surface area contributed by atoms with E-state index < -0.39 is 0 Å². The van der Waals surface area contributed by atoms with E-state index in [4.69, 9.17) is 0 Å². The lowest BCUT2D eigenvalue weighted by Crippen LogP contribution is -2.77. The molecule has 0 amide bonds. The molecule has 0 heterocycles. The molecule has 3 heteroatoms. The highest BCUT2D eigenvalue weighted by atomic mass is 16.5. The van der Waals surface area contributed by atoms with Crippen LogP contribution in [0.5, 0.6) is 0 Å². The van der Waals surface area contributed by atoms with Crippen LogP contribution in [0, 0.1) is 5.21 Å². The van der Waals surface area contributed by atoms with Crippen molar-refractivity contribution in [3.63, 3.8) is 0 Å². The molecule has 0 aromatic rings. The normalized spacial score (nSPS) is 9.12. The van der Waals surface area contributed by atoms with Gasteiger partial charge in [0.25, 0.3) is 0 Å². The topological polar surface area (TPSA) is 56.7 Å². The molecule has 8 heavy (non-hydrogen) atoms. The Kier molecular flexibility index (Phi) is 6.25. The summed E-state index contributed by atoms with van der Waals surface area (Å²) in [4.78, 5) is 9.68. The van der Waals surface area contributed by atoms with Crippen LogP contribution >= 0.6 is 0 Å². The van der Waals surface area contributed by atoms with Crippen molar-refractivity contribution in [1.82, 2.24) is 0 Å². The minimum absolute atomic E-state index is 0.591. The third-order valence-corrected chi connectivity index (χ3v) is 0.894. The molecule has 0 fully saturated rings. The summed E-state index contributed by atoms with van der Waals surface area (Å²) in [5, 5.41) is 9.68. The molecular formula is C5H11NO2. The summed E-state index contributed by atoms with van der Waals surface area (Å²) in [5.74, 6) is 0. The number of carbonyl (C=O) groups is 1. The summed E-state index contributed by atoms with van der Waals surface area (Å²) >= 11 is 0. The lowest BCUT2D eigenvalue weighted by molar-refractivity contribution is -0.589. The van der Waals surface area contributed by atoms with Crippen molar-refractivity contribution in [3.05, 3.63) is 5.21 Å². The van der Waals surface area contributed by atoms with Gasteiger partial charge in [-0.15, -0.1) is 0 Å². The van der Waals surface area contributed by atoms with Crippen LogP contribution in [0.3, 0.4) is 0 Å². The largest absolute Gasteiger partial charge is 0.636 e. The second-order valence-corrected chi connectivity index (χ2v) is 1.62. The molecule has 0 saturated heterocycles. The molecule has 2 N–H and O–H groups in total. The molecular weight excluding hydrogens is 106 g/mol. The van der Waals surface area contributed by atoms with Gasteiger partial charge < -0.3 is 15.5 Å². The number of hydrogen-bond acceptors (Lipinski definition) is 2.